The minimum atomic E-state index is -6.35. The first kappa shape index (κ1) is 24.5. The molecule has 0 amide bonds. The van der Waals surface area contributed by atoms with Crippen LogP contribution < -0.4 is 18.9 Å². The second-order valence-corrected chi connectivity index (χ2v) is 19.8. The largest absolute Gasteiger partial charge is 1.00 e. The van der Waals surface area contributed by atoms with Gasteiger partial charge < -0.3 is 0 Å². The van der Waals surface area contributed by atoms with E-state index in [4.69, 9.17) is 0 Å². The standard InChI is InChI=1S/C10H19F3O6S3Si.Li/c1-23(2,3)6-4-5-8-7-20(14,15)9(21(8,16)17)22(18,19)10(11,12)13;/h8-9H,4-7H2,1-3H3;/q;+1. The molecular weight excluding hydrogens is 404 g/mol. The number of hydrogen-bond acceptors (Lipinski definition) is 6. The predicted octanol–water partition coefficient (Wildman–Crippen LogP) is -1.46. The molecule has 0 bridgehead atoms. The van der Waals surface area contributed by atoms with Gasteiger partial charge in [0.05, 0.1) is 11.0 Å². The first-order valence-corrected chi connectivity index (χ1v) is 15.3. The number of sulfone groups is 3. The minimum absolute atomic E-state index is 0. The summed E-state index contributed by atoms with van der Waals surface area (Å²) in [5.41, 5.74) is -5.94. The molecule has 1 rings (SSSR count). The first-order valence-electron chi connectivity index (χ1n) is 6.67. The quantitative estimate of drug-likeness (QED) is 0.501. The van der Waals surface area contributed by atoms with Crippen molar-refractivity contribution < 1.29 is 57.3 Å². The van der Waals surface area contributed by atoms with E-state index >= 15 is 0 Å². The van der Waals surface area contributed by atoms with Gasteiger partial charge in [-0.05, 0) is 6.42 Å². The summed E-state index contributed by atoms with van der Waals surface area (Å²) in [5, 5.41) is -1.61. The van der Waals surface area contributed by atoms with Crippen molar-refractivity contribution >= 4 is 37.6 Å². The monoisotopic (exact) mass is 423 g/mol. The molecule has 0 saturated carbocycles. The maximum absolute atomic E-state index is 12.6. The van der Waals surface area contributed by atoms with Crippen LogP contribution in [0.3, 0.4) is 0 Å². The fraction of sp³-hybridized carbons (Fsp3) is 1.00. The molecule has 0 aromatic heterocycles. The van der Waals surface area contributed by atoms with Crippen molar-refractivity contribution in [2.24, 2.45) is 0 Å². The third-order valence-electron chi connectivity index (χ3n) is 3.47. The van der Waals surface area contributed by atoms with Crippen LogP contribution in [0.25, 0.3) is 0 Å². The Morgan fingerprint density at radius 2 is 1.54 bits per heavy atom. The minimum Gasteiger partial charge on any atom is -0.226 e. The Morgan fingerprint density at radius 1 is 1.08 bits per heavy atom. The molecule has 0 spiro atoms. The van der Waals surface area contributed by atoms with Crippen molar-refractivity contribution in [1.29, 1.82) is 0 Å². The molecule has 1 heterocycles. The van der Waals surface area contributed by atoms with Crippen LogP contribution in [-0.2, 0) is 29.5 Å². The van der Waals surface area contributed by atoms with Crippen molar-refractivity contribution in [1.82, 2.24) is 0 Å². The van der Waals surface area contributed by atoms with Crippen LogP contribution in [0.4, 0.5) is 13.2 Å². The van der Waals surface area contributed by atoms with Crippen LogP contribution in [-0.4, -0.2) is 53.8 Å². The second-order valence-electron chi connectivity index (χ2n) is 6.77. The topological polar surface area (TPSA) is 102 Å². The van der Waals surface area contributed by atoms with Gasteiger partial charge in [0, 0.05) is 8.07 Å². The number of hydrogen-bond donors (Lipinski definition) is 0. The molecule has 138 valence electrons. The van der Waals surface area contributed by atoms with Crippen molar-refractivity contribution in [2.45, 2.75) is 53.2 Å². The summed E-state index contributed by atoms with van der Waals surface area (Å²) in [4.78, 5) is 0. The van der Waals surface area contributed by atoms with Gasteiger partial charge in [-0.1, -0.05) is 32.1 Å². The third-order valence-corrected chi connectivity index (χ3v) is 14.9. The Bertz CT molecular complexity index is 768. The van der Waals surface area contributed by atoms with E-state index in [9.17, 15) is 38.4 Å². The Kier molecular flexibility index (Phi) is 7.36. The number of alkyl halides is 3. The van der Waals surface area contributed by atoms with Gasteiger partial charge >= 0.3 is 24.4 Å². The van der Waals surface area contributed by atoms with E-state index in [1.165, 1.54) is 0 Å². The zero-order valence-corrected chi connectivity index (χ0v) is 17.2. The van der Waals surface area contributed by atoms with E-state index in [0.29, 0.717) is 12.5 Å². The van der Waals surface area contributed by atoms with Gasteiger partial charge in [-0.3, -0.25) is 0 Å². The zero-order valence-electron chi connectivity index (χ0n) is 13.8. The van der Waals surface area contributed by atoms with Crippen molar-refractivity contribution in [3.05, 3.63) is 0 Å². The summed E-state index contributed by atoms with van der Waals surface area (Å²) < 4.78 is 105. The van der Waals surface area contributed by atoms with E-state index in [1.807, 2.05) is 19.6 Å². The van der Waals surface area contributed by atoms with Gasteiger partial charge in [0.15, 0.2) is 19.7 Å². The normalized spacial score (nSPS) is 26.8. The maximum Gasteiger partial charge on any atom is 1.00 e. The number of rotatable bonds is 5. The molecule has 0 radical (unpaired) electrons. The third kappa shape index (κ3) is 5.00. The molecule has 0 N–H and O–H groups in total. The van der Waals surface area contributed by atoms with Crippen molar-refractivity contribution in [3.63, 3.8) is 0 Å². The van der Waals surface area contributed by atoms with Crippen molar-refractivity contribution in [2.75, 3.05) is 5.75 Å². The molecule has 6 nitrogen and oxygen atoms in total. The van der Waals surface area contributed by atoms with Crippen LogP contribution >= 0.6 is 0 Å². The van der Waals surface area contributed by atoms with Gasteiger partial charge in [0.1, 0.15) is 0 Å². The van der Waals surface area contributed by atoms with Crippen molar-refractivity contribution in [3.8, 4) is 0 Å². The second kappa shape index (κ2) is 7.23. The van der Waals surface area contributed by atoms with E-state index in [-0.39, 0.29) is 25.3 Å². The van der Waals surface area contributed by atoms with Crippen LogP contribution in [0.15, 0.2) is 0 Å². The molecule has 2 unspecified atom stereocenters. The Balaban J connectivity index is 0.00000529. The fourth-order valence-electron chi connectivity index (χ4n) is 2.38. The summed E-state index contributed by atoms with van der Waals surface area (Å²) in [6.45, 7) is 6.01. The molecule has 1 aliphatic heterocycles. The molecule has 24 heavy (non-hydrogen) atoms. The average molecular weight is 423 g/mol. The summed E-state index contributed by atoms with van der Waals surface area (Å²) >= 11 is 0. The molecule has 1 saturated heterocycles. The average Bonchev–Trinajstić information content (AvgIpc) is 2.40. The van der Waals surface area contributed by atoms with E-state index in [2.05, 4.69) is 0 Å². The molecule has 2 atom stereocenters. The SMILES string of the molecule is C[Si](C)(C)CCCC1CS(=O)(=O)C(S(=O)(=O)C(F)(F)F)S1(=O)=O.[Li+]. The Labute approximate surface area is 153 Å². The van der Waals surface area contributed by atoms with Gasteiger partial charge in [-0.25, -0.2) is 25.3 Å². The van der Waals surface area contributed by atoms with Crippen LogP contribution in [0.5, 0.6) is 0 Å². The molecule has 0 aliphatic carbocycles. The van der Waals surface area contributed by atoms with Gasteiger partial charge in [0.25, 0.3) is 13.8 Å². The molecule has 14 heteroatoms. The maximum atomic E-state index is 12.6. The first-order chi connectivity index (χ1) is 9.93. The molecular formula is C10H19F3LiO6S3Si+. The fourth-order valence-corrected chi connectivity index (χ4v) is 13.5. The van der Waals surface area contributed by atoms with Gasteiger partial charge in [-0.15, -0.1) is 0 Å². The Morgan fingerprint density at radius 3 is 1.92 bits per heavy atom. The zero-order chi connectivity index (χ0) is 18.5. The predicted molar refractivity (Wildman–Crippen MR) is 82.6 cm³/mol. The van der Waals surface area contributed by atoms with Crippen LogP contribution in [0.2, 0.25) is 25.7 Å². The summed E-state index contributed by atoms with van der Waals surface area (Å²) in [6.07, 6.45) is 0.170. The molecule has 1 aliphatic rings. The number of halogens is 3. The smallest absolute Gasteiger partial charge is 0.226 e. The summed E-state index contributed by atoms with van der Waals surface area (Å²) in [6, 6.07) is 0.662. The molecule has 1 fully saturated rings. The van der Waals surface area contributed by atoms with Crippen LogP contribution in [0.1, 0.15) is 12.8 Å². The van der Waals surface area contributed by atoms with Crippen LogP contribution in [0, 0.1) is 0 Å². The molecule has 0 aromatic carbocycles. The summed E-state index contributed by atoms with van der Waals surface area (Å²) in [5.74, 6) is -1.08. The molecule has 0 aromatic rings. The van der Waals surface area contributed by atoms with E-state index in [1.54, 1.807) is 0 Å². The Hall–Kier alpha value is 0.454. The van der Waals surface area contributed by atoms with Gasteiger partial charge in [0.2, 0.25) is 0 Å². The summed E-state index contributed by atoms with van der Waals surface area (Å²) in [7, 11) is -17.8. The van der Waals surface area contributed by atoms with Gasteiger partial charge in [-0.2, -0.15) is 13.2 Å². The van der Waals surface area contributed by atoms with E-state index < -0.39 is 58.0 Å². The van der Waals surface area contributed by atoms with E-state index in [0.717, 1.165) is 0 Å².